The lowest BCUT2D eigenvalue weighted by molar-refractivity contribution is -0.126. The zero-order valence-electron chi connectivity index (χ0n) is 8.74. The zero-order chi connectivity index (χ0) is 10.9. The molecule has 15 heavy (non-hydrogen) atoms. The number of carbonyl (C=O) groups is 1. The van der Waals surface area contributed by atoms with Crippen molar-refractivity contribution in [1.82, 2.24) is 10.9 Å². The predicted molar refractivity (Wildman–Crippen MR) is 58.3 cm³/mol. The minimum absolute atomic E-state index is 0.123. The van der Waals surface area contributed by atoms with Gasteiger partial charge in [-0.05, 0) is 13.8 Å². The summed E-state index contributed by atoms with van der Waals surface area (Å²) in [5.41, 5.74) is 5.64. The van der Waals surface area contributed by atoms with Crippen molar-refractivity contribution in [3.05, 3.63) is 35.9 Å². The van der Waals surface area contributed by atoms with Crippen molar-refractivity contribution in [2.45, 2.75) is 19.4 Å². The van der Waals surface area contributed by atoms with Crippen LogP contribution in [0.5, 0.6) is 0 Å². The fraction of sp³-hybridized carbons (Fsp3) is 0.273. The molecule has 0 saturated carbocycles. The summed E-state index contributed by atoms with van der Waals surface area (Å²) in [7, 11) is 0. The second kappa shape index (κ2) is 3.38. The topological polar surface area (TPSA) is 53.5 Å². The quantitative estimate of drug-likeness (QED) is 0.710. The molecule has 0 bridgehead atoms. The van der Waals surface area contributed by atoms with E-state index in [1.807, 2.05) is 30.3 Å². The molecule has 1 aliphatic heterocycles. The van der Waals surface area contributed by atoms with E-state index >= 15 is 0 Å². The van der Waals surface area contributed by atoms with Crippen LogP contribution in [0.1, 0.15) is 19.4 Å². The Morgan fingerprint density at radius 1 is 1.13 bits per heavy atom. The Morgan fingerprint density at radius 2 is 1.80 bits per heavy atom. The molecular weight excluding hydrogens is 190 g/mol. The summed E-state index contributed by atoms with van der Waals surface area (Å²) in [4.78, 5) is 15.8. The lowest BCUT2D eigenvalue weighted by atomic mass is 10.0. The molecule has 4 heteroatoms. The van der Waals surface area contributed by atoms with Crippen molar-refractivity contribution in [2.24, 2.45) is 4.99 Å². The molecule has 0 unspecified atom stereocenters. The molecule has 0 radical (unpaired) electrons. The van der Waals surface area contributed by atoms with Gasteiger partial charge in [-0.2, -0.15) is 0 Å². The molecule has 1 aromatic rings. The van der Waals surface area contributed by atoms with Gasteiger partial charge in [0.15, 0.2) is 0 Å². The molecule has 2 N–H and O–H groups in total. The van der Waals surface area contributed by atoms with E-state index in [0.29, 0.717) is 5.84 Å². The minimum Gasteiger partial charge on any atom is -0.282 e. The molecule has 0 aromatic heterocycles. The number of carbonyl (C=O) groups excluding carboxylic acids is 1. The Bertz CT molecular complexity index is 409. The molecule has 1 aliphatic rings. The summed E-state index contributed by atoms with van der Waals surface area (Å²) in [6.07, 6.45) is 0. The number of hydrogen-bond acceptors (Lipinski definition) is 3. The second-order valence-corrected chi connectivity index (χ2v) is 3.96. The van der Waals surface area contributed by atoms with Gasteiger partial charge in [0.1, 0.15) is 11.4 Å². The molecule has 78 valence electrons. The van der Waals surface area contributed by atoms with Gasteiger partial charge in [-0.15, -0.1) is 0 Å². The van der Waals surface area contributed by atoms with E-state index in [1.54, 1.807) is 13.8 Å². The van der Waals surface area contributed by atoms with Gasteiger partial charge in [-0.25, -0.2) is 0 Å². The summed E-state index contributed by atoms with van der Waals surface area (Å²) in [5.74, 6) is 0.572. The van der Waals surface area contributed by atoms with Gasteiger partial charge in [0.05, 0.1) is 0 Å². The van der Waals surface area contributed by atoms with Crippen molar-refractivity contribution in [3.63, 3.8) is 0 Å². The summed E-state index contributed by atoms with van der Waals surface area (Å²) in [6, 6.07) is 9.70. The van der Waals surface area contributed by atoms with Crippen LogP contribution in [0.25, 0.3) is 0 Å². The van der Waals surface area contributed by atoms with E-state index in [9.17, 15) is 4.79 Å². The summed E-state index contributed by atoms with van der Waals surface area (Å²) < 4.78 is 0. The first kappa shape index (κ1) is 9.71. The summed E-state index contributed by atoms with van der Waals surface area (Å²) in [5, 5.41) is 0. The van der Waals surface area contributed by atoms with Crippen molar-refractivity contribution in [2.75, 3.05) is 0 Å². The Morgan fingerprint density at radius 3 is 2.40 bits per heavy atom. The van der Waals surface area contributed by atoms with Gasteiger partial charge in [0.2, 0.25) is 0 Å². The van der Waals surface area contributed by atoms with Crippen LogP contribution in [0.3, 0.4) is 0 Å². The number of amidine groups is 1. The largest absolute Gasteiger partial charge is 0.282 e. The maximum absolute atomic E-state index is 11.4. The Hall–Kier alpha value is -1.84. The van der Waals surface area contributed by atoms with Crippen LogP contribution in [0.2, 0.25) is 0 Å². The van der Waals surface area contributed by atoms with Crippen LogP contribution in [0.15, 0.2) is 35.3 Å². The van der Waals surface area contributed by atoms with Crippen molar-refractivity contribution >= 4 is 11.7 Å². The van der Waals surface area contributed by atoms with Crippen LogP contribution < -0.4 is 10.9 Å². The van der Waals surface area contributed by atoms with Crippen LogP contribution in [0, 0.1) is 0 Å². The first-order valence-electron chi connectivity index (χ1n) is 4.81. The zero-order valence-corrected chi connectivity index (χ0v) is 8.74. The van der Waals surface area contributed by atoms with Gasteiger partial charge in [-0.1, -0.05) is 30.3 Å². The highest BCUT2D eigenvalue weighted by Crippen LogP contribution is 2.13. The highest BCUT2D eigenvalue weighted by molar-refractivity contribution is 6.04. The molecule has 1 aromatic carbocycles. The molecule has 0 spiro atoms. The van der Waals surface area contributed by atoms with Gasteiger partial charge in [0.25, 0.3) is 5.91 Å². The molecule has 0 fully saturated rings. The van der Waals surface area contributed by atoms with Gasteiger partial charge < -0.3 is 0 Å². The van der Waals surface area contributed by atoms with Crippen molar-refractivity contribution in [1.29, 1.82) is 0 Å². The van der Waals surface area contributed by atoms with Gasteiger partial charge in [-0.3, -0.25) is 20.6 Å². The van der Waals surface area contributed by atoms with E-state index in [0.717, 1.165) is 5.56 Å². The third-order valence-electron chi connectivity index (χ3n) is 2.29. The Balaban J connectivity index is 2.37. The first-order valence-corrected chi connectivity index (χ1v) is 4.81. The van der Waals surface area contributed by atoms with E-state index in [-0.39, 0.29) is 5.91 Å². The van der Waals surface area contributed by atoms with Crippen molar-refractivity contribution in [3.8, 4) is 0 Å². The van der Waals surface area contributed by atoms with Crippen molar-refractivity contribution < 1.29 is 4.79 Å². The molecule has 2 rings (SSSR count). The number of hydrogen-bond donors (Lipinski definition) is 2. The van der Waals surface area contributed by atoms with E-state index in [2.05, 4.69) is 15.8 Å². The molecule has 0 saturated heterocycles. The fourth-order valence-corrected chi connectivity index (χ4v) is 1.36. The lowest BCUT2D eigenvalue weighted by Gasteiger charge is -2.27. The monoisotopic (exact) mass is 203 g/mol. The molecule has 0 atom stereocenters. The van der Waals surface area contributed by atoms with Crippen LogP contribution in [0.4, 0.5) is 0 Å². The molecule has 1 heterocycles. The highest BCUT2D eigenvalue weighted by Gasteiger charge is 2.31. The summed E-state index contributed by atoms with van der Waals surface area (Å²) >= 11 is 0. The number of benzene rings is 1. The van der Waals surface area contributed by atoms with E-state index in [4.69, 9.17) is 0 Å². The number of rotatable bonds is 1. The van der Waals surface area contributed by atoms with Crippen LogP contribution in [-0.2, 0) is 4.79 Å². The van der Waals surface area contributed by atoms with Gasteiger partial charge >= 0.3 is 0 Å². The maximum atomic E-state index is 11.4. The third kappa shape index (κ3) is 1.83. The lowest BCUT2D eigenvalue weighted by Crippen LogP contribution is -2.55. The standard InChI is InChI=1S/C11H13N3O/c1-11(2)10(15)14-13-9(12-11)8-6-4-3-5-7-8/h3-7H,1-2H3,(H,12,13)(H,14,15). The SMILES string of the molecule is CC1(C)N=C(c2ccccc2)NNC1=O. The average molecular weight is 203 g/mol. The highest BCUT2D eigenvalue weighted by atomic mass is 16.2. The second-order valence-electron chi connectivity index (χ2n) is 3.96. The number of aliphatic imine (C=N–C) groups is 1. The smallest absolute Gasteiger partial charge is 0.265 e. The van der Waals surface area contributed by atoms with Crippen LogP contribution >= 0.6 is 0 Å². The van der Waals surface area contributed by atoms with Crippen LogP contribution in [-0.4, -0.2) is 17.3 Å². The normalized spacial score (nSPS) is 18.8. The summed E-state index contributed by atoms with van der Waals surface area (Å²) in [6.45, 7) is 3.57. The molecular formula is C11H13N3O. The fourth-order valence-electron chi connectivity index (χ4n) is 1.36. The minimum atomic E-state index is -0.712. The molecule has 0 aliphatic carbocycles. The number of nitrogens with zero attached hydrogens (tertiary/aromatic N) is 1. The first-order chi connectivity index (χ1) is 7.09. The Labute approximate surface area is 88.4 Å². The maximum Gasteiger partial charge on any atom is 0.265 e. The number of hydrazine groups is 1. The number of nitrogens with one attached hydrogen (secondary N) is 2. The Kier molecular flexibility index (Phi) is 2.19. The molecule has 4 nitrogen and oxygen atoms in total. The van der Waals surface area contributed by atoms with E-state index < -0.39 is 5.54 Å². The number of amides is 1. The average Bonchev–Trinajstić information content (AvgIpc) is 2.23. The molecule has 1 amide bonds. The van der Waals surface area contributed by atoms with Gasteiger partial charge in [0, 0.05) is 5.56 Å². The third-order valence-corrected chi connectivity index (χ3v) is 2.29. The van der Waals surface area contributed by atoms with E-state index in [1.165, 1.54) is 0 Å². The predicted octanol–water partition coefficient (Wildman–Crippen LogP) is 0.846.